The van der Waals surface area contributed by atoms with E-state index < -0.39 is 0 Å². The van der Waals surface area contributed by atoms with Gasteiger partial charge in [-0.05, 0) is 18.6 Å². The summed E-state index contributed by atoms with van der Waals surface area (Å²) in [5.74, 6) is -0.0973. The summed E-state index contributed by atoms with van der Waals surface area (Å²) >= 11 is 0. The minimum Gasteiger partial charge on any atom is -0.398 e. The molecule has 1 aromatic rings. The molecule has 3 N–H and O–H groups in total. The zero-order chi connectivity index (χ0) is 9.68. The molecule has 0 saturated heterocycles. The number of hydrogen-bond acceptors (Lipinski definition) is 2. The Morgan fingerprint density at radius 1 is 1.43 bits per heavy atom. The number of nitrogen functional groups attached to an aromatic ring is 1. The van der Waals surface area contributed by atoms with Crippen LogP contribution in [-0.2, 0) is 0 Å². The Morgan fingerprint density at radius 3 is 2.64 bits per heavy atom. The van der Waals surface area contributed by atoms with Crippen LogP contribution in [0.15, 0.2) is 24.3 Å². The minimum absolute atomic E-state index is 0. The van der Waals surface area contributed by atoms with E-state index in [4.69, 9.17) is 5.73 Å². The quantitative estimate of drug-likeness (QED) is 0.755. The molecule has 0 aliphatic rings. The fourth-order valence-electron chi connectivity index (χ4n) is 1.04. The number of nitrogens with one attached hydrogen (secondary N) is 1. The third-order valence-corrected chi connectivity index (χ3v) is 1.74. The van der Waals surface area contributed by atoms with Crippen LogP contribution in [0.2, 0.25) is 0 Å². The monoisotopic (exact) mass is 214 g/mol. The molecular weight excluding hydrogens is 200 g/mol. The van der Waals surface area contributed by atoms with E-state index in [1.165, 1.54) is 0 Å². The zero-order valence-electron chi connectivity index (χ0n) is 8.12. The van der Waals surface area contributed by atoms with E-state index >= 15 is 0 Å². The number of benzene rings is 1. The summed E-state index contributed by atoms with van der Waals surface area (Å²) in [7, 11) is 0. The predicted molar refractivity (Wildman–Crippen MR) is 60.7 cm³/mol. The number of rotatable bonds is 3. The lowest BCUT2D eigenvalue weighted by molar-refractivity contribution is 0.0954. The fourth-order valence-corrected chi connectivity index (χ4v) is 1.04. The predicted octanol–water partition coefficient (Wildman–Crippen LogP) is 1.83. The molecule has 0 fully saturated rings. The van der Waals surface area contributed by atoms with E-state index in [0.29, 0.717) is 17.8 Å². The first-order chi connectivity index (χ1) is 6.25. The second-order valence-corrected chi connectivity index (χ2v) is 2.84. The van der Waals surface area contributed by atoms with Crippen LogP contribution in [0.4, 0.5) is 5.69 Å². The van der Waals surface area contributed by atoms with Crippen molar-refractivity contribution in [2.45, 2.75) is 13.3 Å². The van der Waals surface area contributed by atoms with Crippen molar-refractivity contribution in [2.75, 3.05) is 12.3 Å². The van der Waals surface area contributed by atoms with Crippen molar-refractivity contribution in [3.8, 4) is 0 Å². The number of halogens is 1. The van der Waals surface area contributed by atoms with E-state index in [1.54, 1.807) is 18.2 Å². The van der Waals surface area contributed by atoms with Gasteiger partial charge in [0, 0.05) is 12.2 Å². The lowest BCUT2D eigenvalue weighted by Gasteiger charge is -2.05. The fraction of sp³-hybridized carbons (Fsp3) is 0.300. The third-order valence-electron chi connectivity index (χ3n) is 1.74. The highest BCUT2D eigenvalue weighted by molar-refractivity contribution is 5.98. The van der Waals surface area contributed by atoms with Crippen LogP contribution >= 0.6 is 12.4 Å². The second kappa shape index (κ2) is 6.27. The highest BCUT2D eigenvalue weighted by atomic mass is 35.5. The maximum atomic E-state index is 11.4. The Morgan fingerprint density at radius 2 is 2.07 bits per heavy atom. The number of carbonyl (C=O) groups is 1. The van der Waals surface area contributed by atoms with Gasteiger partial charge in [0.1, 0.15) is 0 Å². The van der Waals surface area contributed by atoms with Crippen molar-refractivity contribution in [3.63, 3.8) is 0 Å². The van der Waals surface area contributed by atoms with Gasteiger partial charge in [0.25, 0.3) is 5.91 Å². The second-order valence-electron chi connectivity index (χ2n) is 2.84. The molecule has 0 aliphatic carbocycles. The van der Waals surface area contributed by atoms with Gasteiger partial charge in [0.15, 0.2) is 0 Å². The summed E-state index contributed by atoms with van der Waals surface area (Å²) in [5, 5.41) is 2.77. The maximum absolute atomic E-state index is 11.4. The van der Waals surface area contributed by atoms with Crippen molar-refractivity contribution >= 4 is 24.0 Å². The first-order valence-electron chi connectivity index (χ1n) is 4.38. The molecule has 0 atom stereocenters. The smallest absolute Gasteiger partial charge is 0.253 e. The SMILES string of the molecule is CCCNC(=O)c1ccccc1N.Cl. The standard InChI is InChI=1S/C10H14N2O.ClH/c1-2-7-12-10(13)8-5-3-4-6-9(8)11;/h3-6H,2,7,11H2,1H3,(H,12,13);1H. The van der Waals surface area contributed by atoms with E-state index in [-0.39, 0.29) is 18.3 Å². The third kappa shape index (κ3) is 3.26. The van der Waals surface area contributed by atoms with E-state index in [1.807, 2.05) is 13.0 Å². The zero-order valence-corrected chi connectivity index (χ0v) is 8.93. The number of amides is 1. The highest BCUT2D eigenvalue weighted by Crippen LogP contribution is 2.09. The Hall–Kier alpha value is -1.22. The summed E-state index contributed by atoms with van der Waals surface area (Å²) in [6.45, 7) is 2.70. The van der Waals surface area contributed by atoms with Crippen LogP contribution in [0.3, 0.4) is 0 Å². The van der Waals surface area contributed by atoms with Gasteiger partial charge in [-0.2, -0.15) is 0 Å². The molecule has 4 heteroatoms. The van der Waals surface area contributed by atoms with E-state index in [0.717, 1.165) is 6.42 Å². The molecule has 3 nitrogen and oxygen atoms in total. The molecule has 0 aromatic heterocycles. The molecule has 1 amide bonds. The van der Waals surface area contributed by atoms with Gasteiger partial charge < -0.3 is 11.1 Å². The van der Waals surface area contributed by atoms with Crippen molar-refractivity contribution in [3.05, 3.63) is 29.8 Å². The Kier molecular flexibility index (Phi) is 5.72. The average Bonchev–Trinajstić information content (AvgIpc) is 2.15. The number of hydrogen-bond donors (Lipinski definition) is 2. The summed E-state index contributed by atoms with van der Waals surface area (Å²) in [5.41, 5.74) is 6.71. The Balaban J connectivity index is 0.00000169. The Labute approximate surface area is 90.1 Å². The van der Waals surface area contributed by atoms with Gasteiger partial charge in [-0.3, -0.25) is 4.79 Å². The molecular formula is C10H15ClN2O. The number of carbonyl (C=O) groups excluding carboxylic acids is 1. The van der Waals surface area contributed by atoms with Crippen molar-refractivity contribution in [2.24, 2.45) is 0 Å². The highest BCUT2D eigenvalue weighted by Gasteiger charge is 2.06. The van der Waals surface area contributed by atoms with Crippen LogP contribution < -0.4 is 11.1 Å². The van der Waals surface area contributed by atoms with Crippen LogP contribution in [-0.4, -0.2) is 12.5 Å². The summed E-state index contributed by atoms with van der Waals surface area (Å²) in [4.78, 5) is 11.4. The topological polar surface area (TPSA) is 55.1 Å². The maximum Gasteiger partial charge on any atom is 0.253 e. The molecule has 0 heterocycles. The van der Waals surface area contributed by atoms with Crippen LogP contribution in [0, 0.1) is 0 Å². The van der Waals surface area contributed by atoms with Crippen molar-refractivity contribution < 1.29 is 4.79 Å². The van der Waals surface area contributed by atoms with Crippen LogP contribution in [0.5, 0.6) is 0 Å². The molecule has 0 saturated carbocycles. The van der Waals surface area contributed by atoms with Crippen molar-refractivity contribution in [1.82, 2.24) is 5.32 Å². The molecule has 0 aliphatic heterocycles. The summed E-state index contributed by atoms with van der Waals surface area (Å²) < 4.78 is 0. The minimum atomic E-state index is -0.0973. The number of nitrogens with two attached hydrogens (primary N) is 1. The number of para-hydroxylation sites is 1. The van der Waals surface area contributed by atoms with Gasteiger partial charge in [-0.1, -0.05) is 19.1 Å². The molecule has 0 radical (unpaired) electrons. The van der Waals surface area contributed by atoms with Gasteiger partial charge in [0.05, 0.1) is 5.56 Å². The molecule has 0 unspecified atom stereocenters. The van der Waals surface area contributed by atoms with E-state index in [9.17, 15) is 4.79 Å². The van der Waals surface area contributed by atoms with Crippen molar-refractivity contribution in [1.29, 1.82) is 0 Å². The van der Waals surface area contributed by atoms with Crippen LogP contribution in [0.1, 0.15) is 23.7 Å². The normalized spacial score (nSPS) is 8.93. The van der Waals surface area contributed by atoms with Gasteiger partial charge in [0.2, 0.25) is 0 Å². The summed E-state index contributed by atoms with van der Waals surface area (Å²) in [6, 6.07) is 7.06. The van der Waals surface area contributed by atoms with Gasteiger partial charge in [-0.15, -0.1) is 12.4 Å². The Bertz CT molecular complexity index is 302. The molecule has 14 heavy (non-hydrogen) atoms. The molecule has 0 spiro atoms. The first-order valence-corrected chi connectivity index (χ1v) is 4.38. The number of anilines is 1. The van der Waals surface area contributed by atoms with E-state index in [2.05, 4.69) is 5.32 Å². The lowest BCUT2D eigenvalue weighted by Crippen LogP contribution is -2.24. The van der Waals surface area contributed by atoms with Gasteiger partial charge in [-0.25, -0.2) is 0 Å². The summed E-state index contributed by atoms with van der Waals surface area (Å²) in [6.07, 6.45) is 0.929. The molecule has 1 rings (SSSR count). The lowest BCUT2D eigenvalue weighted by atomic mass is 10.1. The first kappa shape index (κ1) is 12.8. The average molecular weight is 215 g/mol. The molecule has 1 aromatic carbocycles. The van der Waals surface area contributed by atoms with Gasteiger partial charge >= 0.3 is 0 Å². The molecule has 78 valence electrons. The largest absolute Gasteiger partial charge is 0.398 e. The molecule has 0 bridgehead atoms. The van der Waals surface area contributed by atoms with Crippen LogP contribution in [0.25, 0.3) is 0 Å².